The minimum Gasteiger partial charge on any atom is -0.379 e. The van der Waals surface area contributed by atoms with Crippen LogP contribution in [0.4, 0.5) is 0 Å². The first kappa shape index (κ1) is 23.7. The van der Waals surface area contributed by atoms with Crippen LogP contribution in [0.5, 0.6) is 0 Å². The number of morpholine rings is 1. The van der Waals surface area contributed by atoms with E-state index in [0.717, 1.165) is 55.8 Å². The topological polar surface area (TPSA) is 70.2 Å². The van der Waals surface area contributed by atoms with Gasteiger partial charge in [-0.15, -0.1) is 0 Å². The summed E-state index contributed by atoms with van der Waals surface area (Å²) in [5.41, 5.74) is 1.71. The Kier molecular flexibility index (Phi) is 6.71. The monoisotopic (exact) mass is 475 g/mol. The van der Waals surface area contributed by atoms with Crippen LogP contribution in [0.25, 0.3) is 11.1 Å². The fourth-order valence-corrected chi connectivity index (χ4v) is 5.76. The van der Waals surface area contributed by atoms with Gasteiger partial charge in [0.25, 0.3) is 0 Å². The molecule has 3 heterocycles. The summed E-state index contributed by atoms with van der Waals surface area (Å²) in [5.74, 6) is -0.568. The number of nitrogens with zero attached hydrogens (tertiary/aromatic N) is 3. The van der Waals surface area contributed by atoms with E-state index >= 15 is 0 Å². The Morgan fingerprint density at radius 3 is 2.14 bits per heavy atom. The lowest BCUT2D eigenvalue weighted by atomic mass is 9.75. The van der Waals surface area contributed by atoms with E-state index in [9.17, 15) is 14.4 Å². The van der Waals surface area contributed by atoms with Crippen LogP contribution < -0.4 is 0 Å². The van der Waals surface area contributed by atoms with Crippen molar-refractivity contribution in [1.29, 1.82) is 0 Å². The van der Waals surface area contributed by atoms with Gasteiger partial charge in [0.2, 0.25) is 17.7 Å². The van der Waals surface area contributed by atoms with Gasteiger partial charge < -0.3 is 9.64 Å². The van der Waals surface area contributed by atoms with E-state index in [1.165, 1.54) is 11.9 Å². The molecule has 0 aliphatic carbocycles. The maximum Gasteiger partial charge on any atom is 0.240 e. The lowest BCUT2D eigenvalue weighted by Gasteiger charge is -2.40. The molecule has 3 fully saturated rings. The lowest BCUT2D eigenvalue weighted by Crippen LogP contribution is -2.51. The summed E-state index contributed by atoms with van der Waals surface area (Å²) in [4.78, 5) is 45.0. The molecule has 3 aliphatic rings. The van der Waals surface area contributed by atoms with Crippen molar-refractivity contribution < 1.29 is 19.1 Å². The molecule has 0 N–H and O–H groups in total. The molecule has 2 aromatic carbocycles. The molecule has 3 saturated heterocycles. The Bertz CT molecular complexity index is 1070. The summed E-state index contributed by atoms with van der Waals surface area (Å²) in [7, 11) is 1.52. The van der Waals surface area contributed by atoms with Crippen LogP contribution in [0.3, 0.4) is 0 Å². The third-order valence-electron chi connectivity index (χ3n) is 7.92. The van der Waals surface area contributed by atoms with E-state index < -0.39 is 5.41 Å². The first-order valence-electron chi connectivity index (χ1n) is 12.5. The highest BCUT2D eigenvalue weighted by Crippen LogP contribution is 2.40. The molecule has 7 nitrogen and oxygen atoms in total. The number of hydrogen-bond acceptors (Lipinski definition) is 5. The highest BCUT2D eigenvalue weighted by atomic mass is 16.5. The Morgan fingerprint density at radius 1 is 0.914 bits per heavy atom. The minimum atomic E-state index is -1.14. The molecule has 0 radical (unpaired) electrons. The SMILES string of the molecule is CN1C(=O)CC(CC(=O)N2CCC(N3CCOCC3)CC2)(c2ccc(-c3ccccc3)cc2)C1=O. The standard InChI is InChI=1S/C28H33N3O4/c1-29-25(32)19-28(27(29)34,23-9-7-22(8-10-23)21-5-3-2-4-6-21)20-26(33)31-13-11-24(12-14-31)30-15-17-35-18-16-30/h2-10,24H,11-20H2,1H3. The quantitative estimate of drug-likeness (QED) is 0.622. The highest BCUT2D eigenvalue weighted by Gasteiger charge is 2.53. The van der Waals surface area contributed by atoms with Crippen LogP contribution in [0.1, 0.15) is 31.2 Å². The molecule has 35 heavy (non-hydrogen) atoms. The van der Waals surface area contributed by atoms with E-state index in [1.54, 1.807) is 0 Å². The van der Waals surface area contributed by atoms with Gasteiger partial charge in [-0.25, -0.2) is 0 Å². The fourth-order valence-electron chi connectivity index (χ4n) is 5.76. The van der Waals surface area contributed by atoms with Crippen LogP contribution in [0.2, 0.25) is 0 Å². The molecule has 0 aromatic heterocycles. The molecule has 2 aromatic rings. The number of benzene rings is 2. The summed E-state index contributed by atoms with van der Waals surface area (Å²) in [6.07, 6.45) is 1.91. The molecular weight excluding hydrogens is 442 g/mol. The van der Waals surface area contributed by atoms with E-state index in [1.807, 2.05) is 59.5 Å². The second-order valence-corrected chi connectivity index (χ2v) is 9.90. The lowest BCUT2D eigenvalue weighted by molar-refractivity contribution is -0.142. The van der Waals surface area contributed by atoms with Crippen LogP contribution in [0, 0.1) is 0 Å². The van der Waals surface area contributed by atoms with E-state index in [0.29, 0.717) is 19.1 Å². The number of hydrogen-bond donors (Lipinski definition) is 0. The largest absolute Gasteiger partial charge is 0.379 e. The maximum absolute atomic E-state index is 13.5. The van der Waals surface area contributed by atoms with E-state index in [2.05, 4.69) is 4.90 Å². The van der Waals surface area contributed by atoms with Crippen LogP contribution in [0.15, 0.2) is 54.6 Å². The number of imide groups is 1. The van der Waals surface area contributed by atoms with Gasteiger partial charge in [-0.05, 0) is 29.5 Å². The zero-order chi connectivity index (χ0) is 24.4. The second-order valence-electron chi connectivity index (χ2n) is 9.90. The van der Waals surface area contributed by atoms with Gasteiger partial charge in [-0.3, -0.25) is 24.2 Å². The van der Waals surface area contributed by atoms with Gasteiger partial charge in [0.05, 0.1) is 18.6 Å². The summed E-state index contributed by atoms with van der Waals surface area (Å²) in [6.45, 7) is 4.81. The zero-order valence-corrected chi connectivity index (χ0v) is 20.3. The molecule has 3 aliphatic heterocycles. The number of likely N-dealkylation sites (N-methyl/N-ethyl adjacent to an activating group) is 1. The first-order chi connectivity index (χ1) is 17.0. The average molecular weight is 476 g/mol. The predicted molar refractivity (Wildman–Crippen MR) is 133 cm³/mol. The Balaban J connectivity index is 1.33. The second kappa shape index (κ2) is 9.91. The van der Waals surface area contributed by atoms with Crippen molar-refractivity contribution in [2.75, 3.05) is 46.4 Å². The van der Waals surface area contributed by atoms with Gasteiger partial charge in [-0.2, -0.15) is 0 Å². The van der Waals surface area contributed by atoms with Gasteiger partial charge >= 0.3 is 0 Å². The van der Waals surface area contributed by atoms with Crippen molar-refractivity contribution in [1.82, 2.24) is 14.7 Å². The van der Waals surface area contributed by atoms with Crippen molar-refractivity contribution in [2.45, 2.75) is 37.1 Å². The number of ether oxygens (including phenoxy) is 1. The van der Waals surface area contributed by atoms with Crippen molar-refractivity contribution >= 4 is 17.7 Å². The van der Waals surface area contributed by atoms with Gasteiger partial charge in [0.15, 0.2) is 0 Å². The first-order valence-corrected chi connectivity index (χ1v) is 12.5. The Labute approximate surface area is 206 Å². The molecule has 0 spiro atoms. The molecule has 184 valence electrons. The smallest absolute Gasteiger partial charge is 0.240 e. The predicted octanol–water partition coefficient (Wildman–Crippen LogP) is 2.69. The normalized spacial score (nSPS) is 24.3. The van der Waals surface area contributed by atoms with Crippen molar-refractivity contribution in [2.24, 2.45) is 0 Å². The maximum atomic E-state index is 13.5. The summed E-state index contributed by atoms with van der Waals surface area (Å²) in [6, 6.07) is 18.2. The minimum absolute atomic E-state index is 0.0226. The third-order valence-corrected chi connectivity index (χ3v) is 7.92. The average Bonchev–Trinajstić information content (AvgIpc) is 3.13. The Morgan fingerprint density at radius 2 is 1.54 bits per heavy atom. The van der Waals surface area contributed by atoms with Crippen LogP contribution in [-0.4, -0.2) is 84.9 Å². The van der Waals surface area contributed by atoms with Crippen LogP contribution >= 0.6 is 0 Å². The molecule has 0 saturated carbocycles. The van der Waals surface area contributed by atoms with Gasteiger partial charge in [0.1, 0.15) is 0 Å². The van der Waals surface area contributed by atoms with Crippen molar-refractivity contribution in [3.05, 3.63) is 60.2 Å². The number of rotatable bonds is 5. The van der Waals surface area contributed by atoms with Crippen molar-refractivity contribution in [3.8, 4) is 11.1 Å². The molecule has 1 atom stereocenters. The number of likely N-dealkylation sites (tertiary alicyclic amines) is 2. The van der Waals surface area contributed by atoms with Gasteiger partial charge in [0, 0.05) is 52.1 Å². The molecule has 1 unspecified atom stereocenters. The van der Waals surface area contributed by atoms with Crippen LogP contribution in [-0.2, 0) is 24.5 Å². The Hall–Kier alpha value is -3.03. The number of piperidine rings is 1. The van der Waals surface area contributed by atoms with Crippen molar-refractivity contribution in [3.63, 3.8) is 0 Å². The number of carbonyl (C=O) groups excluding carboxylic acids is 3. The molecule has 3 amide bonds. The molecule has 5 rings (SSSR count). The van der Waals surface area contributed by atoms with E-state index in [-0.39, 0.29) is 30.6 Å². The van der Waals surface area contributed by atoms with E-state index in [4.69, 9.17) is 4.74 Å². The molecule has 0 bridgehead atoms. The summed E-state index contributed by atoms with van der Waals surface area (Å²) >= 11 is 0. The third kappa shape index (κ3) is 4.62. The number of carbonyl (C=O) groups is 3. The number of amides is 3. The fraction of sp³-hybridized carbons (Fsp3) is 0.464. The summed E-state index contributed by atoms with van der Waals surface area (Å²) < 4.78 is 5.47. The van der Waals surface area contributed by atoms with Gasteiger partial charge in [-0.1, -0.05) is 54.6 Å². The highest BCUT2D eigenvalue weighted by molar-refractivity contribution is 6.10. The molecular formula is C28H33N3O4. The zero-order valence-electron chi connectivity index (χ0n) is 20.3. The molecule has 7 heteroatoms. The summed E-state index contributed by atoms with van der Waals surface area (Å²) in [5, 5.41) is 0.